The van der Waals surface area contributed by atoms with Crippen LogP contribution in [0.5, 0.6) is 0 Å². The Balaban J connectivity index is 1.46. The number of hydrogen-bond acceptors (Lipinski definition) is 5. The zero-order valence-corrected chi connectivity index (χ0v) is 19.3. The van der Waals surface area contributed by atoms with Gasteiger partial charge < -0.3 is 20.5 Å². The van der Waals surface area contributed by atoms with Gasteiger partial charge in [-0.2, -0.15) is 0 Å². The van der Waals surface area contributed by atoms with Gasteiger partial charge in [0, 0.05) is 11.6 Å². The van der Waals surface area contributed by atoms with Crippen molar-refractivity contribution in [1.82, 2.24) is 4.90 Å². The van der Waals surface area contributed by atoms with E-state index in [9.17, 15) is 9.90 Å². The maximum Gasteiger partial charge on any atom is 0.309 e. The molecule has 3 rings (SSSR count). The lowest BCUT2D eigenvalue weighted by molar-refractivity contribution is -0.162. The molecule has 1 aromatic rings. The second-order valence-electron chi connectivity index (χ2n) is 10.0. The first-order valence-corrected chi connectivity index (χ1v) is 11.5. The highest BCUT2D eigenvalue weighted by atomic mass is 32.1. The number of hydrogen-bond donors (Lipinski definition) is 2. The Labute approximate surface area is 186 Å². The van der Waals surface area contributed by atoms with Gasteiger partial charge in [-0.25, -0.2) is 0 Å². The van der Waals surface area contributed by atoms with Crippen LogP contribution in [-0.4, -0.2) is 51.3 Å². The van der Waals surface area contributed by atoms with Crippen molar-refractivity contribution in [2.45, 2.75) is 88.9 Å². The Kier molecular flexibility index (Phi) is 7.20. The Morgan fingerprint density at radius 2 is 1.73 bits per heavy atom. The van der Waals surface area contributed by atoms with Gasteiger partial charge >= 0.3 is 5.97 Å². The molecule has 2 aliphatic rings. The molecular formula is C24H36N2O3S. The summed E-state index contributed by atoms with van der Waals surface area (Å²) in [6.07, 6.45) is 5.59. The van der Waals surface area contributed by atoms with Crippen LogP contribution in [0, 0.1) is 0 Å². The molecule has 0 atom stereocenters. The average Bonchev–Trinajstić information content (AvgIpc) is 2.67. The average molecular weight is 433 g/mol. The van der Waals surface area contributed by atoms with Gasteiger partial charge in [0.05, 0.1) is 12.0 Å². The lowest BCUT2D eigenvalue weighted by Gasteiger charge is -2.43. The minimum atomic E-state index is -0.914. The van der Waals surface area contributed by atoms with Crippen LogP contribution in [0.25, 0.3) is 0 Å². The third-order valence-corrected chi connectivity index (χ3v) is 6.73. The number of carbonyl (C=O) groups excluding carboxylic acids is 1. The summed E-state index contributed by atoms with van der Waals surface area (Å²) in [5.74, 6) is 0.278. The van der Waals surface area contributed by atoms with Gasteiger partial charge in [0.1, 0.15) is 10.6 Å². The fourth-order valence-electron chi connectivity index (χ4n) is 4.85. The van der Waals surface area contributed by atoms with Crippen molar-refractivity contribution < 1.29 is 14.6 Å². The van der Waals surface area contributed by atoms with Crippen LogP contribution in [0.1, 0.15) is 82.8 Å². The number of rotatable bonds is 5. The molecule has 3 N–H and O–H groups in total. The van der Waals surface area contributed by atoms with E-state index in [1.165, 1.54) is 5.56 Å². The smallest absolute Gasteiger partial charge is 0.309 e. The van der Waals surface area contributed by atoms with E-state index < -0.39 is 11.2 Å². The van der Waals surface area contributed by atoms with Gasteiger partial charge in [-0.1, -0.05) is 36.5 Å². The molecule has 5 nitrogen and oxygen atoms in total. The Hall–Kier alpha value is -1.50. The molecule has 0 aromatic heterocycles. The largest absolute Gasteiger partial charge is 0.460 e. The summed E-state index contributed by atoms with van der Waals surface area (Å²) < 4.78 is 5.40. The number of thiocarbonyl (C=S) groups is 1. The maximum atomic E-state index is 12.1. The lowest BCUT2D eigenvalue weighted by atomic mass is 9.78. The first-order valence-electron chi connectivity index (χ1n) is 11.1. The van der Waals surface area contributed by atoms with Crippen molar-refractivity contribution in [3.05, 3.63) is 35.4 Å². The van der Waals surface area contributed by atoms with E-state index in [1.54, 1.807) is 0 Å². The van der Waals surface area contributed by atoms with Crippen LogP contribution in [0.2, 0.25) is 0 Å². The van der Waals surface area contributed by atoms with Gasteiger partial charge in [0.25, 0.3) is 0 Å². The molecule has 0 unspecified atom stereocenters. The third kappa shape index (κ3) is 6.25. The number of piperidine rings is 1. The molecule has 0 amide bonds. The standard InChI is InChI=1S/C24H36N2O3S/c1-23(2,3)29-21(27)16-24(28)12-8-20(9-13-24)26-14-10-18(11-15-26)17-4-6-19(7-5-17)22(25)30/h4-7,18,20,28H,8-16H2,1-3H3,(H2,25,30)/t20-,24-. The molecule has 0 bridgehead atoms. The van der Waals surface area contributed by atoms with Gasteiger partial charge in [-0.15, -0.1) is 0 Å². The summed E-state index contributed by atoms with van der Waals surface area (Å²) in [5, 5.41) is 10.9. The minimum Gasteiger partial charge on any atom is -0.460 e. The van der Waals surface area contributed by atoms with Crippen molar-refractivity contribution in [2.75, 3.05) is 13.1 Å². The number of carbonyl (C=O) groups is 1. The third-order valence-electron chi connectivity index (χ3n) is 6.49. The van der Waals surface area contributed by atoms with Crippen molar-refractivity contribution in [1.29, 1.82) is 0 Å². The number of aliphatic hydroxyl groups is 1. The number of nitrogens with zero attached hydrogens (tertiary/aromatic N) is 1. The molecule has 1 saturated heterocycles. The topological polar surface area (TPSA) is 75.8 Å². The monoisotopic (exact) mass is 432 g/mol. The van der Waals surface area contributed by atoms with Crippen LogP contribution in [-0.2, 0) is 9.53 Å². The fourth-order valence-corrected chi connectivity index (χ4v) is 4.98. The second-order valence-corrected chi connectivity index (χ2v) is 10.5. The van der Waals surface area contributed by atoms with Crippen LogP contribution >= 0.6 is 12.2 Å². The Bertz CT molecular complexity index is 741. The second kappa shape index (κ2) is 9.33. The number of likely N-dealkylation sites (tertiary alicyclic amines) is 1. The van der Waals surface area contributed by atoms with Gasteiger partial charge in [-0.3, -0.25) is 4.79 Å². The lowest BCUT2D eigenvalue weighted by Crippen LogP contribution is -2.47. The molecule has 1 aliphatic carbocycles. The van der Waals surface area contributed by atoms with Crippen LogP contribution in [0.15, 0.2) is 24.3 Å². The van der Waals surface area contributed by atoms with Crippen LogP contribution < -0.4 is 5.73 Å². The first-order chi connectivity index (χ1) is 14.0. The molecule has 0 radical (unpaired) electrons. The Morgan fingerprint density at radius 3 is 2.23 bits per heavy atom. The molecular weight excluding hydrogens is 396 g/mol. The van der Waals surface area contributed by atoms with Crippen molar-refractivity contribution in [2.24, 2.45) is 5.73 Å². The van der Waals surface area contributed by atoms with Crippen LogP contribution in [0.3, 0.4) is 0 Å². The zero-order chi connectivity index (χ0) is 21.9. The van der Waals surface area contributed by atoms with Gasteiger partial charge in [0.2, 0.25) is 0 Å². The molecule has 1 aromatic carbocycles. The van der Waals surface area contributed by atoms with Crippen LogP contribution in [0.4, 0.5) is 0 Å². The van der Waals surface area contributed by atoms with E-state index in [2.05, 4.69) is 17.0 Å². The van der Waals surface area contributed by atoms with E-state index >= 15 is 0 Å². The predicted octanol–water partition coefficient (Wildman–Crippen LogP) is 3.91. The molecule has 2 fully saturated rings. The van der Waals surface area contributed by atoms with Crippen molar-refractivity contribution in [3.63, 3.8) is 0 Å². The van der Waals surface area contributed by atoms with Gasteiger partial charge in [0.15, 0.2) is 0 Å². The number of nitrogens with two attached hydrogens (primary N) is 1. The summed E-state index contributed by atoms with van der Waals surface area (Å²) in [4.78, 5) is 15.2. The quantitative estimate of drug-likeness (QED) is 0.543. The SMILES string of the molecule is CC(C)(C)OC(=O)C[C@]1(O)CC[C@H](N2CCC(c3ccc(C(N)=S)cc3)CC2)CC1. The number of ether oxygens (including phenoxy) is 1. The van der Waals surface area contributed by atoms with Crippen molar-refractivity contribution >= 4 is 23.2 Å². The summed E-state index contributed by atoms with van der Waals surface area (Å²) in [7, 11) is 0. The summed E-state index contributed by atoms with van der Waals surface area (Å²) in [6, 6.07) is 8.87. The summed E-state index contributed by atoms with van der Waals surface area (Å²) >= 11 is 5.04. The highest BCUT2D eigenvalue weighted by molar-refractivity contribution is 7.80. The van der Waals surface area contributed by atoms with E-state index in [0.29, 0.717) is 29.8 Å². The molecule has 1 saturated carbocycles. The molecule has 166 valence electrons. The molecule has 30 heavy (non-hydrogen) atoms. The van der Waals surface area contributed by atoms with E-state index in [0.717, 1.165) is 44.3 Å². The summed E-state index contributed by atoms with van der Waals surface area (Å²) in [6.45, 7) is 7.73. The summed E-state index contributed by atoms with van der Waals surface area (Å²) in [5.41, 5.74) is 6.56. The van der Waals surface area contributed by atoms with E-state index in [4.69, 9.17) is 22.7 Å². The normalized spacial score (nSPS) is 26.3. The van der Waals surface area contributed by atoms with Crippen molar-refractivity contribution in [3.8, 4) is 0 Å². The predicted molar refractivity (Wildman–Crippen MR) is 124 cm³/mol. The number of benzene rings is 1. The minimum absolute atomic E-state index is 0.0985. The first kappa shape index (κ1) is 23.2. The van der Waals surface area contributed by atoms with Gasteiger partial charge in [-0.05, 0) is 83.9 Å². The van der Waals surface area contributed by atoms with E-state index in [-0.39, 0.29) is 12.4 Å². The maximum absolute atomic E-state index is 12.1. The molecule has 1 heterocycles. The highest BCUT2D eigenvalue weighted by Crippen LogP contribution is 2.37. The Morgan fingerprint density at radius 1 is 1.17 bits per heavy atom. The van der Waals surface area contributed by atoms with E-state index in [1.807, 2.05) is 32.9 Å². The zero-order valence-electron chi connectivity index (χ0n) is 18.5. The molecule has 0 spiro atoms. The molecule has 6 heteroatoms. The molecule has 1 aliphatic heterocycles. The highest BCUT2D eigenvalue weighted by Gasteiger charge is 2.38. The number of esters is 1. The fraction of sp³-hybridized carbons (Fsp3) is 0.667.